The van der Waals surface area contributed by atoms with Crippen LogP contribution in [0.3, 0.4) is 0 Å². The van der Waals surface area contributed by atoms with Crippen LogP contribution in [0.15, 0.2) is 51.8 Å². The van der Waals surface area contributed by atoms with Crippen LogP contribution in [0.25, 0.3) is 0 Å². The van der Waals surface area contributed by atoms with Crippen LogP contribution in [0.4, 0.5) is 0 Å². The highest BCUT2D eigenvalue weighted by molar-refractivity contribution is 9.10. The number of ether oxygens (including phenoxy) is 1. The Morgan fingerprint density at radius 2 is 2.12 bits per heavy atom. The van der Waals surface area contributed by atoms with Crippen molar-refractivity contribution in [1.82, 2.24) is 4.31 Å². The molecule has 1 atom stereocenters. The molecule has 0 amide bonds. The third-order valence-electron chi connectivity index (χ3n) is 3.78. The lowest BCUT2D eigenvalue weighted by Crippen LogP contribution is -2.31. The van der Waals surface area contributed by atoms with E-state index in [-0.39, 0.29) is 10.3 Å². The highest BCUT2D eigenvalue weighted by atomic mass is 79.9. The van der Waals surface area contributed by atoms with Gasteiger partial charge >= 0.3 is 0 Å². The Kier molecular flexibility index (Phi) is 6.00. The Hall–Kier alpha value is -0.730. The van der Waals surface area contributed by atoms with Crippen LogP contribution in [0.1, 0.15) is 17.9 Å². The topological polar surface area (TPSA) is 46.6 Å². The fourth-order valence-electron chi connectivity index (χ4n) is 2.71. The predicted molar refractivity (Wildman–Crippen MR) is 106 cm³/mol. The van der Waals surface area contributed by atoms with E-state index < -0.39 is 10.0 Å². The van der Waals surface area contributed by atoms with Crippen molar-refractivity contribution in [3.63, 3.8) is 0 Å². The summed E-state index contributed by atoms with van der Waals surface area (Å²) in [4.78, 5) is 0.179. The molecule has 25 heavy (non-hydrogen) atoms. The largest absolute Gasteiger partial charge is 0.492 e. The number of benzene rings is 2. The monoisotopic (exact) mass is 461 g/mol. The summed E-state index contributed by atoms with van der Waals surface area (Å²) >= 11 is 11.0. The van der Waals surface area contributed by atoms with Gasteiger partial charge in [0.1, 0.15) is 10.6 Å². The summed E-state index contributed by atoms with van der Waals surface area (Å²) in [6.45, 7) is 2.68. The molecule has 1 unspecified atom stereocenters. The van der Waals surface area contributed by atoms with Crippen molar-refractivity contribution < 1.29 is 13.2 Å². The van der Waals surface area contributed by atoms with Crippen molar-refractivity contribution in [2.45, 2.75) is 17.2 Å². The van der Waals surface area contributed by atoms with E-state index in [1.807, 2.05) is 25.1 Å². The zero-order valence-corrected chi connectivity index (χ0v) is 17.5. The molecule has 0 N–H and O–H groups in total. The van der Waals surface area contributed by atoms with Gasteiger partial charge in [0.2, 0.25) is 10.0 Å². The summed E-state index contributed by atoms with van der Waals surface area (Å²) in [6, 6.07) is 12.4. The Balaban J connectivity index is 2.03. The molecule has 0 saturated carbocycles. The van der Waals surface area contributed by atoms with Gasteiger partial charge in [0.15, 0.2) is 0 Å². The minimum absolute atomic E-state index is 0.179. The molecule has 0 spiro atoms. The average molecular weight is 463 g/mol. The Labute approximate surface area is 165 Å². The molecule has 1 fully saturated rings. The smallest absolute Gasteiger partial charge is 0.248 e. The Morgan fingerprint density at radius 1 is 1.32 bits per heavy atom. The van der Waals surface area contributed by atoms with Crippen LogP contribution in [0, 0.1) is 0 Å². The number of hydrogen-bond donors (Lipinski definition) is 0. The molecule has 0 radical (unpaired) electrons. The fraction of sp³-hybridized carbons (Fsp3) is 0.294. The second-order valence-electron chi connectivity index (χ2n) is 5.42. The first-order valence-corrected chi connectivity index (χ1v) is 11.4. The first-order chi connectivity index (χ1) is 11.9. The molecule has 0 aromatic heterocycles. The molecule has 1 aliphatic heterocycles. The maximum atomic E-state index is 13.3. The molecule has 0 bridgehead atoms. The number of halogens is 2. The van der Waals surface area contributed by atoms with Gasteiger partial charge in [0, 0.05) is 21.8 Å². The summed E-state index contributed by atoms with van der Waals surface area (Å²) in [5.74, 6) is 1.10. The molecule has 1 saturated heterocycles. The Morgan fingerprint density at radius 3 is 2.84 bits per heavy atom. The third kappa shape index (κ3) is 4.01. The maximum Gasteiger partial charge on any atom is 0.248 e. The summed E-state index contributed by atoms with van der Waals surface area (Å²) in [7, 11) is -3.71. The molecule has 8 heteroatoms. The van der Waals surface area contributed by atoms with E-state index in [2.05, 4.69) is 15.9 Å². The van der Waals surface area contributed by atoms with Gasteiger partial charge in [-0.2, -0.15) is 4.31 Å². The van der Waals surface area contributed by atoms with Gasteiger partial charge in [-0.05, 0) is 42.8 Å². The second-order valence-corrected chi connectivity index (χ2v) is 9.82. The van der Waals surface area contributed by atoms with E-state index in [4.69, 9.17) is 16.3 Å². The van der Waals surface area contributed by atoms with Crippen LogP contribution in [0.5, 0.6) is 5.75 Å². The molecular formula is C17H17BrClNO3S2. The van der Waals surface area contributed by atoms with E-state index in [1.165, 1.54) is 4.31 Å². The van der Waals surface area contributed by atoms with Crippen LogP contribution in [-0.2, 0) is 10.0 Å². The van der Waals surface area contributed by atoms with Crippen LogP contribution in [-0.4, -0.2) is 31.6 Å². The minimum atomic E-state index is -3.71. The lowest BCUT2D eigenvalue weighted by molar-refractivity contribution is 0.329. The SMILES string of the molecule is CCOc1ccc(Br)cc1S(=O)(=O)N1CCSC1c1cccc(Cl)c1. The molecule has 0 aliphatic carbocycles. The van der Waals surface area contributed by atoms with E-state index in [0.29, 0.717) is 28.4 Å². The second kappa shape index (κ2) is 7.88. The zero-order valence-electron chi connectivity index (χ0n) is 13.5. The summed E-state index contributed by atoms with van der Waals surface area (Å²) in [5, 5.41) is 0.303. The van der Waals surface area contributed by atoms with Gasteiger partial charge in [0.05, 0.1) is 12.0 Å². The van der Waals surface area contributed by atoms with E-state index in [9.17, 15) is 8.42 Å². The standard InChI is InChI=1S/C17H17BrClNO3S2/c1-2-23-15-7-6-13(18)11-16(15)25(21,22)20-8-9-24-17(20)12-4-3-5-14(19)10-12/h3-7,10-11,17H,2,8-9H2,1H3. The van der Waals surface area contributed by atoms with Gasteiger partial charge in [-0.25, -0.2) is 8.42 Å². The number of thioether (sulfide) groups is 1. The van der Waals surface area contributed by atoms with Gasteiger partial charge in [-0.3, -0.25) is 0 Å². The summed E-state index contributed by atoms with van der Waals surface area (Å²) in [6.07, 6.45) is 0. The third-order valence-corrected chi connectivity index (χ3v) is 7.78. The van der Waals surface area contributed by atoms with Crippen molar-refractivity contribution in [3.8, 4) is 5.75 Å². The van der Waals surface area contributed by atoms with Crippen LogP contribution >= 0.6 is 39.3 Å². The van der Waals surface area contributed by atoms with Crippen molar-refractivity contribution >= 4 is 49.3 Å². The lowest BCUT2D eigenvalue weighted by Gasteiger charge is -2.24. The first kappa shape index (κ1) is 19.0. The number of nitrogens with zero attached hydrogens (tertiary/aromatic N) is 1. The normalized spacial score (nSPS) is 18.4. The number of hydrogen-bond acceptors (Lipinski definition) is 4. The van der Waals surface area contributed by atoms with E-state index in [1.54, 1.807) is 36.0 Å². The van der Waals surface area contributed by atoms with Crippen molar-refractivity contribution in [2.75, 3.05) is 18.9 Å². The summed E-state index contributed by atoms with van der Waals surface area (Å²) in [5.41, 5.74) is 0.881. The lowest BCUT2D eigenvalue weighted by atomic mass is 10.2. The average Bonchev–Trinajstić information content (AvgIpc) is 3.07. The van der Waals surface area contributed by atoms with Gasteiger partial charge in [-0.15, -0.1) is 11.8 Å². The first-order valence-electron chi connectivity index (χ1n) is 7.74. The Bertz CT molecular complexity index is 876. The molecule has 134 valence electrons. The molecule has 2 aromatic carbocycles. The molecule has 3 rings (SSSR count). The van der Waals surface area contributed by atoms with E-state index >= 15 is 0 Å². The van der Waals surface area contributed by atoms with Crippen LogP contribution in [0.2, 0.25) is 5.02 Å². The number of sulfonamides is 1. The minimum Gasteiger partial charge on any atom is -0.492 e. The molecule has 2 aromatic rings. The number of rotatable bonds is 5. The molecular weight excluding hydrogens is 446 g/mol. The van der Waals surface area contributed by atoms with Gasteiger partial charge in [-0.1, -0.05) is 39.7 Å². The highest BCUT2D eigenvalue weighted by Gasteiger charge is 2.38. The zero-order chi connectivity index (χ0) is 18.0. The van der Waals surface area contributed by atoms with Gasteiger partial charge < -0.3 is 4.74 Å². The van der Waals surface area contributed by atoms with Crippen molar-refractivity contribution in [2.24, 2.45) is 0 Å². The van der Waals surface area contributed by atoms with Crippen LogP contribution < -0.4 is 4.74 Å². The predicted octanol–water partition coefficient (Wildman–Crippen LogP) is 4.94. The summed E-state index contributed by atoms with van der Waals surface area (Å²) < 4.78 is 34.4. The molecule has 1 heterocycles. The van der Waals surface area contributed by atoms with Crippen molar-refractivity contribution in [1.29, 1.82) is 0 Å². The maximum absolute atomic E-state index is 13.3. The highest BCUT2D eigenvalue weighted by Crippen LogP contribution is 2.43. The van der Waals surface area contributed by atoms with Gasteiger partial charge in [0.25, 0.3) is 0 Å². The quantitative estimate of drug-likeness (QED) is 0.631. The molecule has 1 aliphatic rings. The van der Waals surface area contributed by atoms with Crippen molar-refractivity contribution in [3.05, 3.63) is 57.5 Å². The molecule has 4 nitrogen and oxygen atoms in total. The van der Waals surface area contributed by atoms with E-state index in [0.717, 1.165) is 11.3 Å². The fourth-order valence-corrected chi connectivity index (χ4v) is 6.81.